The highest BCUT2D eigenvalue weighted by Gasteiger charge is 2.31. The Labute approximate surface area is 249 Å². The van der Waals surface area contributed by atoms with Gasteiger partial charge in [0.05, 0.1) is 5.69 Å². The first-order valence-corrected chi connectivity index (χ1v) is 14.9. The number of hydrogen-bond donors (Lipinski definition) is 2. The molecule has 10 heteroatoms. The number of hydrogen-bond acceptors (Lipinski definition) is 6. The van der Waals surface area contributed by atoms with Gasteiger partial charge >= 0.3 is 12.0 Å². The number of unbranched alkanes of at least 4 members (excludes halogenated alkanes) is 3. The number of carbonyl (C=O) groups excluding carboxylic acids is 4. The van der Waals surface area contributed by atoms with Crippen LogP contribution >= 0.6 is 0 Å². The van der Waals surface area contributed by atoms with E-state index in [0.29, 0.717) is 38.4 Å². The van der Waals surface area contributed by atoms with Crippen LogP contribution in [0.1, 0.15) is 76.7 Å². The Hall–Kier alpha value is -3.95. The largest absolute Gasteiger partial charge is 0.460 e. The highest BCUT2D eigenvalue weighted by molar-refractivity contribution is 5.96. The molecule has 1 aromatic carbocycles. The van der Waals surface area contributed by atoms with Crippen molar-refractivity contribution in [3.8, 4) is 11.3 Å². The zero-order valence-corrected chi connectivity index (χ0v) is 25.4. The van der Waals surface area contributed by atoms with E-state index >= 15 is 0 Å². The summed E-state index contributed by atoms with van der Waals surface area (Å²) in [6, 6.07) is 13.6. The fraction of sp³-hybridized carbons (Fsp3) is 0.531. The number of pyridine rings is 1. The van der Waals surface area contributed by atoms with Crippen molar-refractivity contribution >= 4 is 23.8 Å². The smallest absolute Gasteiger partial charge is 0.317 e. The maximum absolute atomic E-state index is 13.6. The fourth-order valence-corrected chi connectivity index (χ4v) is 4.68. The van der Waals surface area contributed by atoms with Gasteiger partial charge in [-0.2, -0.15) is 0 Å². The summed E-state index contributed by atoms with van der Waals surface area (Å²) in [5, 5.41) is 5.77. The number of amides is 4. The molecule has 0 radical (unpaired) electrons. The van der Waals surface area contributed by atoms with Crippen LogP contribution in [0.4, 0.5) is 4.79 Å². The summed E-state index contributed by atoms with van der Waals surface area (Å²) in [6.45, 7) is 9.57. The van der Waals surface area contributed by atoms with Crippen LogP contribution in [0.15, 0.2) is 48.5 Å². The normalized spacial score (nSPS) is 14.2. The fourth-order valence-electron chi connectivity index (χ4n) is 4.68. The van der Waals surface area contributed by atoms with Crippen molar-refractivity contribution in [3.05, 3.63) is 54.2 Å². The Kier molecular flexibility index (Phi) is 12.3. The summed E-state index contributed by atoms with van der Waals surface area (Å²) in [5.41, 5.74) is 1.02. The van der Waals surface area contributed by atoms with Crippen LogP contribution in [0.3, 0.4) is 0 Å². The Morgan fingerprint density at radius 2 is 1.60 bits per heavy atom. The van der Waals surface area contributed by atoms with Gasteiger partial charge in [-0.1, -0.05) is 62.6 Å². The third-order valence-electron chi connectivity index (χ3n) is 6.90. The molecular weight excluding hydrogens is 534 g/mol. The first kappa shape index (κ1) is 32.6. The van der Waals surface area contributed by atoms with Crippen molar-refractivity contribution in [2.45, 2.75) is 77.9 Å². The van der Waals surface area contributed by atoms with E-state index in [9.17, 15) is 19.2 Å². The summed E-state index contributed by atoms with van der Waals surface area (Å²) < 4.78 is 5.42. The van der Waals surface area contributed by atoms with Crippen LogP contribution in [0.5, 0.6) is 0 Å². The minimum atomic E-state index is -0.953. The number of carbonyl (C=O) groups is 4. The summed E-state index contributed by atoms with van der Waals surface area (Å²) in [4.78, 5) is 59.8. The number of ether oxygens (including phenoxy) is 1. The van der Waals surface area contributed by atoms with Crippen LogP contribution in [-0.2, 0) is 14.3 Å². The Morgan fingerprint density at radius 1 is 0.905 bits per heavy atom. The molecule has 1 fully saturated rings. The molecular formula is C32H45N5O5. The SMILES string of the molecule is CCCCCCNC(=O)N1CCN(C(=O)[C@H](CCC(=O)OC(C)(C)C)NC(=O)c2cccc(-c3ccccc3)n2)CC1. The van der Waals surface area contributed by atoms with Gasteiger partial charge in [0.25, 0.3) is 5.91 Å². The highest BCUT2D eigenvalue weighted by atomic mass is 16.6. The van der Waals surface area contributed by atoms with Crippen molar-refractivity contribution in [3.63, 3.8) is 0 Å². The summed E-state index contributed by atoms with van der Waals surface area (Å²) in [5.74, 6) is -1.25. The van der Waals surface area contributed by atoms with Crippen molar-refractivity contribution < 1.29 is 23.9 Å². The summed E-state index contributed by atoms with van der Waals surface area (Å²) in [6.07, 6.45) is 4.36. The molecule has 1 aromatic heterocycles. The maximum atomic E-state index is 13.6. The Bertz CT molecular complexity index is 1190. The monoisotopic (exact) mass is 579 g/mol. The van der Waals surface area contributed by atoms with Gasteiger partial charge in [-0.3, -0.25) is 14.4 Å². The zero-order chi connectivity index (χ0) is 30.5. The lowest BCUT2D eigenvalue weighted by atomic mass is 10.1. The first-order chi connectivity index (χ1) is 20.1. The van der Waals surface area contributed by atoms with Crippen LogP contribution < -0.4 is 10.6 Å². The molecule has 0 bridgehead atoms. The molecule has 2 aromatic rings. The Balaban J connectivity index is 1.64. The lowest BCUT2D eigenvalue weighted by molar-refractivity contribution is -0.155. The topological polar surface area (TPSA) is 121 Å². The number of esters is 1. The van der Waals surface area contributed by atoms with E-state index in [1.807, 2.05) is 36.4 Å². The number of benzene rings is 1. The molecule has 0 aliphatic carbocycles. The van der Waals surface area contributed by atoms with Gasteiger partial charge in [0.1, 0.15) is 17.3 Å². The molecule has 0 saturated carbocycles. The van der Waals surface area contributed by atoms with E-state index < -0.39 is 23.5 Å². The standard InChI is InChI=1S/C32H45N5O5/c1-5-6-7-11-19-33-31(41)37-22-20-36(21-23-37)30(40)27(17-18-28(38)42-32(2,3)4)35-29(39)26-16-12-15-25(34-26)24-13-9-8-10-14-24/h8-10,12-16,27H,5-7,11,17-23H2,1-4H3,(H,33,41)(H,35,39)/t27-/m0/s1. The predicted molar refractivity (Wildman–Crippen MR) is 162 cm³/mol. The molecule has 4 amide bonds. The van der Waals surface area contributed by atoms with Gasteiger partial charge in [0, 0.05) is 44.7 Å². The third kappa shape index (κ3) is 10.5. The molecule has 2 N–H and O–H groups in total. The van der Waals surface area contributed by atoms with Gasteiger partial charge in [0.15, 0.2) is 0 Å². The maximum Gasteiger partial charge on any atom is 0.317 e. The van der Waals surface area contributed by atoms with Gasteiger partial charge in [0.2, 0.25) is 5.91 Å². The second-order valence-corrected chi connectivity index (χ2v) is 11.5. The van der Waals surface area contributed by atoms with Crippen LogP contribution in [0.25, 0.3) is 11.3 Å². The minimum absolute atomic E-state index is 0.0359. The van der Waals surface area contributed by atoms with E-state index in [4.69, 9.17) is 4.74 Å². The molecule has 0 spiro atoms. The number of nitrogens with one attached hydrogen (secondary N) is 2. The Morgan fingerprint density at radius 3 is 2.26 bits per heavy atom. The van der Waals surface area contributed by atoms with E-state index in [0.717, 1.165) is 31.2 Å². The molecule has 1 atom stereocenters. The predicted octanol–water partition coefficient (Wildman–Crippen LogP) is 4.40. The quantitative estimate of drug-likeness (QED) is 0.284. The van der Waals surface area contributed by atoms with E-state index in [2.05, 4.69) is 22.5 Å². The number of nitrogens with zero attached hydrogens (tertiary/aromatic N) is 3. The van der Waals surface area contributed by atoms with Gasteiger partial charge < -0.3 is 25.2 Å². The molecule has 1 aliphatic rings. The number of piperazine rings is 1. The average Bonchev–Trinajstić information content (AvgIpc) is 2.98. The molecule has 10 nitrogen and oxygen atoms in total. The van der Waals surface area contributed by atoms with Crippen molar-refractivity contribution in [2.75, 3.05) is 32.7 Å². The van der Waals surface area contributed by atoms with Crippen LogP contribution in [0, 0.1) is 0 Å². The second-order valence-electron chi connectivity index (χ2n) is 11.5. The van der Waals surface area contributed by atoms with Crippen LogP contribution in [-0.4, -0.2) is 83.0 Å². The van der Waals surface area contributed by atoms with Crippen molar-refractivity contribution in [1.29, 1.82) is 0 Å². The van der Waals surface area contributed by atoms with Crippen molar-refractivity contribution in [2.24, 2.45) is 0 Å². The lowest BCUT2D eigenvalue weighted by Crippen LogP contribution is -2.57. The average molecular weight is 580 g/mol. The van der Waals surface area contributed by atoms with E-state index in [1.165, 1.54) is 0 Å². The van der Waals surface area contributed by atoms with E-state index in [1.54, 1.807) is 42.7 Å². The molecule has 228 valence electrons. The molecule has 0 unspecified atom stereocenters. The van der Waals surface area contributed by atoms with Gasteiger partial charge in [-0.25, -0.2) is 9.78 Å². The van der Waals surface area contributed by atoms with Gasteiger partial charge in [-0.05, 0) is 45.7 Å². The number of urea groups is 1. The minimum Gasteiger partial charge on any atom is -0.460 e. The molecule has 1 saturated heterocycles. The van der Waals surface area contributed by atoms with Crippen molar-refractivity contribution in [1.82, 2.24) is 25.4 Å². The lowest BCUT2D eigenvalue weighted by Gasteiger charge is -2.36. The van der Waals surface area contributed by atoms with Crippen LogP contribution in [0.2, 0.25) is 0 Å². The summed E-state index contributed by atoms with van der Waals surface area (Å²) >= 11 is 0. The third-order valence-corrected chi connectivity index (χ3v) is 6.90. The second kappa shape index (κ2) is 15.9. The molecule has 2 heterocycles. The molecule has 3 rings (SSSR count). The molecule has 1 aliphatic heterocycles. The van der Waals surface area contributed by atoms with Gasteiger partial charge in [-0.15, -0.1) is 0 Å². The number of aromatic nitrogens is 1. The molecule has 42 heavy (non-hydrogen) atoms. The van der Waals surface area contributed by atoms with E-state index in [-0.39, 0.29) is 30.5 Å². The first-order valence-electron chi connectivity index (χ1n) is 14.9. The highest BCUT2D eigenvalue weighted by Crippen LogP contribution is 2.17. The zero-order valence-electron chi connectivity index (χ0n) is 25.4. The number of rotatable bonds is 12. The summed E-state index contributed by atoms with van der Waals surface area (Å²) in [7, 11) is 0.